The zero-order chi connectivity index (χ0) is 16.0. The number of rotatable bonds is 4. The Morgan fingerprint density at radius 1 is 1.05 bits per heavy atom. The van der Waals surface area contributed by atoms with E-state index < -0.39 is 0 Å². The van der Waals surface area contributed by atoms with Crippen molar-refractivity contribution < 1.29 is 4.79 Å². The summed E-state index contributed by atoms with van der Waals surface area (Å²) in [6, 6.07) is 17.1. The minimum atomic E-state index is -0.210. The van der Waals surface area contributed by atoms with E-state index in [9.17, 15) is 4.79 Å². The standard InChI is InChI=1S/C18H20N2OS/c1-18(2,3)22-16-12-8-7-11-15(16)13-19-20-17(21)14-9-5-4-6-10-14/h4-13H,1-3H3,(H,20,21)/b19-13+. The van der Waals surface area contributed by atoms with Crippen molar-refractivity contribution in [1.29, 1.82) is 0 Å². The number of nitrogens with zero attached hydrogens (tertiary/aromatic N) is 1. The van der Waals surface area contributed by atoms with E-state index in [2.05, 4.69) is 37.4 Å². The van der Waals surface area contributed by atoms with Crippen LogP contribution in [0.4, 0.5) is 0 Å². The van der Waals surface area contributed by atoms with E-state index in [4.69, 9.17) is 0 Å². The number of carbonyl (C=O) groups is 1. The maximum atomic E-state index is 11.9. The van der Waals surface area contributed by atoms with E-state index in [0.717, 1.165) is 10.5 Å². The SMILES string of the molecule is CC(C)(C)Sc1ccccc1/C=N/NC(=O)c1ccccc1. The molecule has 0 bridgehead atoms. The summed E-state index contributed by atoms with van der Waals surface area (Å²) in [4.78, 5) is 13.1. The molecule has 22 heavy (non-hydrogen) atoms. The summed E-state index contributed by atoms with van der Waals surface area (Å²) in [5, 5.41) is 4.07. The van der Waals surface area contributed by atoms with Crippen molar-refractivity contribution in [3.63, 3.8) is 0 Å². The van der Waals surface area contributed by atoms with Gasteiger partial charge in [-0.15, -0.1) is 11.8 Å². The van der Waals surface area contributed by atoms with E-state index in [1.165, 1.54) is 0 Å². The quantitative estimate of drug-likeness (QED) is 0.518. The van der Waals surface area contributed by atoms with Gasteiger partial charge in [0.25, 0.3) is 5.91 Å². The molecule has 0 aromatic heterocycles. The molecular weight excluding hydrogens is 292 g/mol. The first-order chi connectivity index (χ1) is 10.5. The molecule has 0 saturated carbocycles. The molecule has 0 unspecified atom stereocenters. The fraction of sp³-hybridized carbons (Fsp3) is 0.222. The highest BCUT2D eigenvalue weighted by atomic mass is 32.2. The molecule has 4 heteroatoms. The van der Waals surface area contributed by atoms with Gasteiger partial charge < -0.3 is 0 Å². The van der Waals surface area contributed by atoms with Crippen LogP contribution in [0.2, 0.25) is 0 Å². The summed E-state index contributed by atoms with van der Waals surface area (Å²) in [5.74, 6) is -0.210. The molecule has 0 saturated heterocycles. The van der Waals surface area contributed by atoms with Crippen LogP contribution in [-0.2, 0) is 0 Å². The molecule has 1 amide bonds. The summed E-state index contributed by atoms with van der Waals surface area (Å²) < 4.78 is 0.122. The third-order valence-electron chi connectivity index (χ3n) is 2.74. The van der Waals surface area contributed by atoms with Crippen molar-refractivity contribution >= 4 is 23.9 Å². The average Bonchev–Trinajstić information content (AvgIpc) is 2.48. The van der Waals surface area contributed by atoms with Crippen LogP contribution in [0.15, 0.2) is 64.6 Å². The zero-order valence-electron chi connectivity index (χ0n) is 13.0. The molecule has 0 aliphatic rings. The second-order valence-corrected chi connectivity index (χ2v) is 7.69. The van der Waals surface area contributed by atoms with Crippen LogP contribution in [0.3, 0.4) is 0 Å². The van der Waals surface area contributed by atoms with Crippen molar-refractivity contribution in [2.45, 2.75) is 30.4 Å². The zero-order valence-corrected chi connectivity index (χ0v) is 13.9. The number of amides is 1. The normalized spacial score (nSPS) is 11.6. The summed E-state index contributed by atoms with van der Waals surface area (Å²) in [5.41, 5.74) is 4.15. The van der Waals surface area contributed by atoms with Gasteiger partial charge in [-0.2, -0.15) is 5.10 Å². The molecule has 0 radical (unpaired) electrons. The molecule has 0 heterocycles. The smallest absolute Gasteiger partial charge is 0.267 e. The predicted molar refractivity (Wildman–Crippen MR) is 93.6 cm³/mol. The fourth-order valence-corrected chi connectivity index (χ4v) is 2.87. The second-order valence-electron chi connectivity index (χ2n) is 5.82. The molecule has 0 fully saturated rings. The van der Waals surface area contributed by atoms with Crippen molar-refractivity contribution in [3.8, 4) is 0 Å². The lowest BCUT2D eigenvalue weighted by molar-refractivity contribution is 0.0955. The van der Waals surface area contributed by atoms with Gasteiger partial charge in [-0.3, -0.25) is 4.79 Å². The lowest BCUT2D eigenvalue weighted by Crippen LogP contribution is -2.17. The first-order valence-corrected chi connectivity index (χ1v) is 7.94. The highest BCUT2D eigenvalue weighted by Crippen LogP contribution is 2.33. The van der Waals surface area contributed by atoms with Gasteiger partial charge in [0.05, 0.1) is 6.21 Å². The lowest BCUT2D eigenvalue weighted by atomic mass is 10.2. The number of hydrogen-bond acceptors (Lipinski definition) is 3. The molecule has 2 rings (SSSR count). The molecule has 2 aromatic rings. The highest BCUT2D eigenvalue weighted by Gasteiger charge is 2.13. The number of hydrogen-bond donors (Lipinski definition) is 1. The van der Waals surface area contributed by atoms with Gasteiger partial charge in [0.15, 0.2) is 0 Å². The first kappa shape index (κ1) is 16.3. The Balaban J connectivity index is 2.06. The van der Waals surface area contributed by atoms with Gasteiger partial charge in [-0.05, 0) is 18.2 Å². The molecule has 0 aliphatic heterocycles. The molecule has 3 nitrogen and oxygen atoms in total. The Kier molecular flexibility index (Phi) is 5.39. The maximum Gasteiger partial charge on any atom is 0.271 e. The topological polar surface area (TPSA) is 41.5 Å². The molecular formula is C18H20N2OS. The Morgan fingerprint density at radius 2 is 1.68 bits per heavy atom. The predicted octanol–water partition coefficient (Wildman–Crippen LogP) is 4.34. The molecule has 0 atom stereocenters. The minimum absolute atomic E-state index is 0.122. The van der Waals surface area contributed by atoms with Crippen molar-refractivity contribution in [2.24, 2.45) is 5.10 Å². The van der Waals surface area contributed by atoms with Crippen LogP contribution in [0, 0.1) is 0 Å². The highest BCUT2D eigenvalue weighted by molar-refractivity contribution is 8.00. The van der Waals surface area contributed by atoms with E-state index in [0.29, 0.717) is 5.56 Å². The summed E-state index contributed by atoms with van der Waals surface area (Å²) in [7, 11) is 0. The lowest BCUT2D eigenvalue weighted by Gasteiger charge is -2.18. The number of carbonyl (C=O) groups excluding carboxylic acids is 1. The second kappa shape index (κ2) is 7.27. The van der Waals surface area contributed by atoms with Gasteiger partial charge in [-0.25, -0.2) is 5.43 Å². The van der Waals surface area contributed by atoms with Crippen LogP contribution in [0.1, 0.15) is 36.7 Å². The summed E-state index contributed by atoms with van der Waals surface area (Å²) >= 11 is 1.78. The van der Waals surface area contributed by atoms with Crippen LogP contribution in [-0.4, -0.2) is 16.9 Å². The molecule has 2 aromatic carbocycles. The number of thioether (sulfide) groups is 1. The Hall–Kier alpha value is -2.07. The number of hydrazone groups is 1. The minimum Gasteiger partial charge on any atom is -0.267 e. The van der Waals surface area contributed by atoms with Crippen molar-refractivity contribution in [3.05, 3.63) is 65.7 Å². The molecule has 0 aliphatic carbocycles. The third kappa shape index (κ3) is 5.04. The van der Waals surface area contributed by atoms with Crippen LogP contribution in [0.5, 0.6) is 0 Å². The molecule has 1 N–H and O–H groups in total. The summed E-state index contributed by atoms with van der Waals surface area (Å²) in [6.45, 7) is 6.51. The molecule has 0 spiro atoms. The largest absolute Gasteiger partial charge is 0.271 e. The van der Waals surface area contributed by atoms with Gasteiger partial charge in [0, 0.05) is 20.8 Å². The Morgan fingerprint density at radius 3 is 2.36 bits per heavy atom. The van der Waals surface area contributed by atoms with Crippen molar-refractivity contribution in [1.82, 2.24) is 5.43 Å². The monoisotopic (exact) mass is 312 g/mol. The van der Waals surface area contributed by atoms with Gasteiger partial charge >= 0.3 is 0 Å². The Labute approximate surface area is 135 Å². The van der Waals surface area contributed by atoms with Crippen molar-refractivity contribution in [2.75, 3.05) is 0 Å². The van der Waals surface area contributed by atoms with E-state index >= 15 is 0 Å². The fourth-order valence-electron chi connectivity index (χ4n) is 1.82. The van der Waals surface area contributed by atoms with Crippen LogP contribution in [0.25, 0.3) is 0 Å². The summed E-state index contributed by atoms with van der Waals surface area (Å²) in [6.07, 6.45) is 1.69. The average molecular weight is 312 g/mol. The van der Waals surface area contributed by atoms with Gasteiger partial charge in [-0.1, -0.05) is 57.2 Å². The maximum absolute atomic E-state index is 11.9. The number of benzene rings is 2. The third-order valence-corrected chi connectivity index (χ3v) is 3.94. The van der Waals surface area contributed by atoms with E-state index in [-0.39, 0.29) is 10.7 Å². The number of nitrogens with one attached hydrogen (secondary N) is 1. The van der Waals surface area contributed by atoms with Gasteiger partial charge in [0.1, 0.15) is 0 Å². The van der Waals surface area contributed by atoms with Crippen LogP contribution < -0.4 is 5.43 Å². The van der Waals surface area contributed by atoms with Gasteiger partial charge in [0.2, 0.25) is 0 Å². The first-order valence-electron chi connectivity index (χ1n) is 7.12. The van der Waals surface area contributed by atoms with Crippen LogP contribution >= 0.6 is 11.8 Å². The van der Waals surface area contributed by atoms with E-state index in [1.54, 1.807) is 30.1 Å². The Bertz CT molecular complexity index is 660. The molecule has 114 valence electrons. The van der Waals surface area contributed by atoms with E-state index in [1.807, 2.05) is 36.4 Å².